The molecule has 5 nitrogen and oxygen atoms in total. The first-order valence-electron chi connectivity index (χ1n) is 8.82. The molecule has 0 spiro atoms. The number of nitrogens with zero attached hydrogens (tertiary/aromatic N) is 3. The number of aryl methyl sites for hydroxylation is 3. The number of aromatic amines is 1. The van der Waals surface area contributed by atoms with Crippen molar-refractivity contribution in [3.8, 4) is 10.4 Å². The van der Waals surface area contributed by atoms with Crippen LogP contribution in [0.2, 0.25) is 0 Å². The molecule has 0 unspecified atom stereocenters. The minimum absolute atomic E-state index is 0.730. The summed E-state index contributed by atoms with van der Waals surface area (Å²) in [6.07, 6.45) is 2.00. The Labute approximate surface area is 162 Å². The maximum absolute atomic E-state index is 4.60. The number of fused-ring (bicyclic) bond motifs is 1. The molecule has 27 heavy (non-hydrogen) atoms. The van der Waals surface area contributed by atoms with Gasteiger partial charge >= 0.3 is 0 Å². The fourth-order valence-corrected chi connectivity index (χ4v) is 4.35. The van der Waals surface area contributed by atoms with E-state index in [4.69, 9.17) is 0 Å². The molecule has 2 N–H and O–H groups in total. The summed E-state index contributed by atoms with van der Waals surface area (Å²) >= 11 is 1.67. The van der Waals surface area contributed by atoms with Crippen LogP contribution in [0.1, 0.15) is 29.6 Å². The molecule has 0 aliphatic carbocycles. The van der Waals surface area contributed by atoms with Crippen molar-refractivity contribution < 1.29 is 0 Å². The second-order valence-electron chi connectivity index (χ2n) is 6.60. The minimum Gasteiger partial charge on any atom is -0.364 e. The van der Waals surface area contributed by atoms with Crippen molar-refractivity contribution in [1.29, 1.82) is 0 Å². The van der Waals surface area contributed by atoms with Gasteiger partial charge in [0.25, 0.3) is 0 Å². The largest absolute Gasteiger partial charge is 0.364 e. The quantitative estimate of drug-likeness (QED) is 0.368. The van der Waals surface area contributed by atoms with Crippen LogP contribution in [0, 0.1) is 20.8 Å². The van der Waals surface area contributed by atoms with Gasteiger partial charge in [0.05, 0.1) is 11.1 Å². The number of H-pyrrole nitrogens is 1. The lowest BCUT2D eigenvalue weighted by Crippen LogP contribution is -2.04. The van der Waals surface area contributed by atoms with Crippen LogP contribution in [-0.4, -0.2) is 20.7 Å². The summed E-state index contributed by atoms with van der Waals surface area (Å²) in [5, 5.41) is 5.58. The third-order valence-corrected chi connectivity index (χ3v) is 5.61. The van der Waals surface area contributed by atoms with Gasteiger partial charge in [-0.05, 0) is 44.9 Å². The van der Waals surface area contributed by atoms with Crippen LogP contribution in [0.15, 0.2) is 47.7 Å². The van der Waals surface area contributed by atoms with Crippen molar-refractivity contribution in [3.05, 3.63) is 65.2 Å². The van der Waals surface area contributed by atoms with Crippen molar-refractivity contribution in [1.82, 2.24) is 15.0 Å². The summed E-state index contributed by atoms with van der Waals surface area (Å²) in [7, 11) is 0. The van der Waals surface area contributed by atoms with Crippen LogP contribution in [0.25, 0.3) is 20.7 Å². The van der Waals surface area contributed by atoms with Crippen LogP contribution in [0.3, 0.4) is 0 Å². The molecule has 0 aliphatic rings. The van der Waals surface area contributed by atoms with Crippen LogP contribution in [0.4, 0.5) is 5.82 Å². The van der Waals surface area contributed by atoms with E-state index in [-0.39, 0.29) is 0 Å². The van der Waals surface area contributed by atoms with Gasteiger partial charge in [0.1, 0.15) is 10.7 Å². The molecule has 136 valence electrons. The van der Waals surface area contributed by atoms with E-state index in [0.29, 0.717) is 0 Å². The number of benzene rings is 1. The first-order valence-corrected chi connectivity index (χ1v) is 9.63. The summed E-state index contributed by atoms with van der Waals surface area (Å²) in [5.41, 5.74) is 8.71. The molecule has 0 saturated heterocycles. The van der Waals surface area contributed by atoms with E-state index in [2.05, 4.69) is 57.5 Å². The third-order valence-electron chi connectivity index (χ3n) is 4.53. The second kappa shape index (κ2) is 6.96. The van der Waals surface area contributed by atoms with Gasteiger partial charge in [0.2, 0.25) is 0 Å². The Morgan fingerprint density at radius 2 is 1.89 bits per heavy atom. The lowest BCUT2D eigenvalue weighted by molar-refractivity contribution is 1.08. The SMILES string of the molecule is C/C(=N\Nc1nc(C)nc2sc(-c3ccccc3)cc12)c1c(C)c[nH]c1C. The Morgan fingerprint density at radius 1 is 1.11 bits per heavy atom. The molecule has 0 amide bonds. The predicted octanol–water partition coefficient (Wildman–Crippen LogP) is 5.45. The molecular weight excluding hydrogens is 354 g/mol. The Kier molecular flexibility index (Phi) is 4.49. The Morgan fingerprint density at radius 3 is 2.59 bits per heavy atom. The van der Waals surface area contributed by atoms with Gasteiger partial charge in [-0.25, -0.2) is 9.97 Å². The number of hydrazone groups is 1. The lowest BCUT2D eigenvalue weighted by Gasteiger charge is -2.06. The molecule has 6 heteroatoms. The van der Waals surface area contributed by atoms with E-state index in [9.17, 15) is 0 Å². The monoisotopic (exact) mass is 375 g/mol. The maximum atomic E-state index is 4.60. The molecule has 0 radical (unpaired) electrons. The molecule has 0 fully saturated rings. The van der Waals surface area contributed by atoms with Crippen molar-refractivity contribution in [3.63, 3.8) is 0 Å². The van der Waals surface area contributed by atoms with Gasteiger partial charge in [-0.15, -0.1) is 11.3 Å². The molecule has 0 bridgehead atoms. The fourth-order valence-electron chi connectivity index (χ4n) is 3.26. The highest BCUT2D eigenvalue weighted by Gasteiger charge is 2.12. The Hall–Kier alpha value is -2.99. The molecule has 0 saturated carbocycles. The second-order valence-corrected chi connectivity index (χ2v) is 7.63. The van der Waals surface area contributed by atoms with E-state index in [1.165, 1.54) is 16.0 Å². The molecule has 0 aliphatic heterocycles. The average Bonchev–Trinajstić information content (AvgIpc) is 3.23. The van der Waals surface area contributed by atoms with Crippen LogP contribution >= 0.6 is 11.3 Å². The number of aromatic nitrogens is 3. The van der Waals surface area contributed by atoms with E-state index in [0.717, 1.165) is 38.8 Å². The van der Waals surface area contributed by atoms with Gasteiger partial charge in [-0.3, -0.25) is 5.43 Å². The van der Waals surface area contributed by atoms with Crippen molar-refractivity contribution in [2.24, 2.45) is 5.10 Å². The number of hydrogen-bond donors (Lipinski definition) is 2. The van der Waals surface area contributed by atoms with Gasteiger partial charge in [0, 0.05) is 22.3 Å². The molecule has 3 aromatic heterocycles. The number of anilines is 1. The van der Waals surface area contributed by atoms with Crippen molar-refractivity contribution in [2.75, 3.05) is 5.43 Å². The van der Waals surface area contributed by atoms with E-state index < -0.39 is 0 Å². The number of nitrogens with one attached hydrogen (secondary N) is 2. The van der Waals surface area contributed by atoms with Gasteiger partial charge in [0.15, 0.2) is 5.82 Å². The van der Waals surface area contributed by atoms with E-state index >= 15 is 0 Å². The smallest absolute Gasteiger partial charge is 0.158 e. The zero-order valence-corrected chi connectivity index (χ0v) is 16.6. The fraction of sp³-hybridized carbons (Fsp3) is 0.190. The number of hydrogen-bond acceptors (Lipinski definition) is 5. The number of rotatable bonds is 4. The van der Waals surface area contributed by atoms with Gasteiger partial charge < -0.3 is 4.98 Å². The topological polar surface area (TPSA) is 66.0 Å². The molecule has 0 atom stereocenters. The summed E-state index contributed by atoms with van der Waals surface area (Å²) < 4.78 is 0. The van der Waals surface area contributed by atoms with Crippen molar-refractivity contribution in [2.45, 2.75) is 27.7 Å². The Balaban J connectivity index is 1.73. The summed E-state index contributed by atoms with van der Waals surface area (Å²) in [6.45, 7) is 8.04. The highest BCUT2D eigenvalue weighted by Crippen LogP contribution is 2.35. The average molecular weight is 376 g/mol. The minimum atomic E-state index is 0.730. The number of thiophene rings is 1. The Bertz CT molecular complexity index is 1120. The zero-order valence-electron chi connectivity index (χ0n) is 15.8. The molecule has 4 aromatic rings. The highest BCUT2D eigenvalue weighted by molar-refractivity contribution is 7.21. The molecular formula is C21H21N5S. The van der Waals surface area contributed by atoms with Crippen LogP contribution in [0.5, 0.6) is 0 Å². The summed E-state index contributed by atoms with van der Waals surface area (Å²) in [6, 6.07) is 12.5. The lowest BCUT2D eigenvalue weighted by atomic mass is 10.1. The summed E-state index contributed by atoms with van der Waals surface area (Å²) in [5.74, 6) is 1.47. The van der Waals surface area contributed by atoms with Crippen LogP contribution in [-0.2, 0) is 0 Å². The molecule has 3 heterocycles. The van der Waals surface area contributed by atoms with Gasteiger partial charge in [-0.1, -0.05) is 30.3 Å². The standard InChI is InChI=1S/C21H21N5S/c1-12-11-22-13(2)19(12)14(3)25-26-20-17-10-18(16-8-6-5-7-9-16)27-21(17)24-15(4)23-20/h5-11,22H,1-4H3,(H,23,24,26)/b25-14+. The van der Waals surface area contributed by atoms with Gasteiger partial charge in [-0.2, -0.15) is 5.10 Å². The van der Waals surface area contributed by atoms with E-state index in [1.807, 2.05) is 38.2 Å². The maximum Gasteiger partial charge on any atom is 0.158 e. The highest BCUT2D eigenvalue weighted by atomic mass is 32.1. The normalized spacial score (nSPS) is 11.9. The van der Waals surface area contributed by atoms with Crippen molar-refractivity contribution >= 4 is 33.1 Å². The first kappa shape index (κ1) is 17.4. The van der Waals surface area contributed by atoms with Crippen LogP contribution < -0.4 is 5.43 Å². The first-order chi connectivity index (χ1) is 13.0. The predicted molar refractivity (Wildman–Crippen MR) is 114 cm³/mol. The third kappa shape index (κ3) is 3.36. The zero-order chi connectivity index (χ0) is 19.0. The summed E-state index contributed by atoms with van der Waals surface area (Å²) in [4.78, 5) is 14.6. The molecule has 4 rings (SSSR count). The molecule has 1 aromatic carbocycles. The van der Waals surface area contributed by atoms with E-state index in [1.54, 1.807) is 11.3 Å².